The molecule has 1 N–H and O–H groups in total. The van der Waals surface area contributed by atoms with E-state index in [9.17, 15) is 0 Å². The summed E-state index contributed by atoms with van der Waals surface area (Å²) in [4.78, 5) is 0. The summed E-state index contributed by atoms with van der Waals surface area (Å²) in [5, 5.41) is 0. The molecule has 19 heavy (non-hydrogen) atoms. The fourth-order valence-corrected chi connectivity index (χ4v) is 11.7. The Kier molecular flexibility index (Phi) is 8.86. The van der Waals surface area contributed by atoms with Crippen LogP contribution in [0.15, 0.2) is 28.1 Å². The Hall–Kier alpha value is 0.431. The van der Waals surface area contributed by atoms with E-state index in [1.807, 2.05) is 0 Å². The molecule has 0 saturated heterocycles. The van der Waals surface area contributed by atoms with Gasteiger partial charge < -0.3 is 24.8 Å². The minimum Gasteiger partial charge on any atom is -1.00 e. The van der Waals surface area contributed by atoms with Crippen molar-refractivity contribution in [3.63, 3.8) is 0 Å². The Balaban J connectivity index is 0.00000162. The second kappa shape index (κ2) is 8.66. The fourth-order valence-electron chi connectivity index (χ4n) is 2.29. The second-order valence-corrected chi connectivity index (χ2v) is 16.6. The summed E-state index contributed by atoms with van der Waals surface area (Å²) in [7, 11) is 0. The van der Waals surface area contributed by atoms with Crippen molar-refractivity contribution in [1.82, 2.24) is 3.80 Å². The summed E-state index contributed by atoms with van der Waals surface area (Å²) in [5.41, 5.74) is 2.99. The molecule has 0 unspecified atom stereocenters. The number of hydrogen-bond acceptors (Lipinski definition) is 1. The molecule has 1 aliphatic rings. The Morgan fingerprint density at radius 3 is 2.32 bits per heavy atom. The van der Waals surface area contributed by atoms with Crippen LogP contribution in [-0.2, 0) is 23.3 Å². The van der Waals surface area contributed by atoms with Crippen molar-refractivity contribution in [2.75, 3.05) is 0 Å². The van der Waals surface area contributed by atoms with Crippen LogP contribution in [-0.4, -0.2) is 12.2 Å². The molecule has 1 aromatic carbocycles. The van der Waals surface area contributed by atoms with Crippen molar-refractivity contribution in [2.45, 2.75) is 39.4 Å². The van der Waals surface area contributed by atoms with Gasteiger partial charge in [0.25, 0.3) is 0 Å². The average molecular weight is 350 g/mol. The minimum atomic E-state index is -1.19. The van der Waals surface area contributed by atoms with Crippen molar-refractivity contribution in [3.05, 3.63) is 39.3 Å². The number of halogens is 2. The standard InChI is InChI=1S/C9H7.C3H8N.C2H6Si.2ClH.Ti/c1-2-5-9-7-3-6-8(9)4-1;1-3(2)4;1-3-2;;;/h1-2,4-6H,7H2;3-4H,1-2H3;1-2H3;2*1H;/q;-1;;;;+3/p-2. The third-order valence-corrected chi connectivity index (χ3v) is 13.5. The van der Waals surface area contributed by atoms with Crippen LogP contribution in [0.5, 0.6) is 0 Å². The van der Waals surface area contributed by atoms with E-state index in [0.29, 0.717) is 6.04 Å². The monoisotopic (exact) mass is 349 g/mol. The predicted molar refractivity (Wildman–Crippen MR) is 73.9 cm³/mol. The van der Waals surface area contributed by atoms with E-state index >= 15 is 0 Å². The normalized spacial score (nSPS) is 11.7. The summed E-state index contributed by atoms with van der Waals surface area (Å²) in [6, 6.07) is 9.48. The van der Waals surface area contributed by atoms with Gasteiger partial charge in [-0.25, -0.2) is 0 Å². The maximum Gasteiger partial charge on any atom is -1.00 e. The summed E-state index contributed by atoms with van der Waals surface area (Å²) in [6.07, 6.45) is 3.50. The van der Waals surface area contributed by atoms with Gasteiger partial charge in [0.15, 0.2) is 0 Å². The van der Waals surface area contributed by atoms with Gasteiger partial charge in [0.2, 0.25) is 0 Å². The maximum atomic E-state index is 3.90. The first kappa shape index (κ1) is 19.4. The summed E-state index contributed by atoms with van der Waals surface area (Å²) in [5.74, 6) is 0. The molecule has 0 spiro atoms. The van der Waals surface area contributed by atoms with Gasteiger partial charge in [-0.15, -0.1) is 0 Å². The van der Waals surface area contributed by atoms with Crippen LogP contribution < -0.4 is 28.6 Å². The minimum absolute atomic E-state index is 0. The molecule has 0 radical (unpaired) electrons. The van der Waals surface area contributed by atoms with E-state index in [1.54, 1.807) is 3.88 Å². The second-order valence-electron chi connectivity index (χ2n) is 5.22. The Morgan fingerprint density at radius 2 is 1.79 bits per heavy atom. The van der Waals surface area contributed by atoms with Crippen LogP contribution in [0.4, 0.5) is 0 Å². The molecular weight excluding hydrogens is 329 g/mol. The van der Waals surface area contributed by atoms with Gasteiger partial charge in [0.05, 0.1) is 0 Å². The average Bonchev–Trinajstić information content (AvgIpc) is 2.68. The largest absolute Gasteiger partial charge is 1.00 e. The molecule has 0 saturated carbocycles. The van der Waals surface area contributed by atoms with E-state index in [0.717, 1.165) is 0 Å². The molecule has 0 aromatic heterocycles. The topological polar surface area (TPSA) is 12.0 Å². The molecule has 1 aromatic rings. The molecule has 5 heteroatoms. The zero-order valence-corrected chi connectivity index (χ0v) is 16.0. The molecule has 1 nitrogen and oxygen atoms in total. The Labute approximate surface area is 136 Å². The van der Waals surface area contributed by atoms with Crippen molar-refractivity contribution in [1.29, 1.82) is 0 Å². The number of hydrogen-bond donors (Lipinski definition) is 1. The first-order valence-electron chi connectivity index (χ1n) is 6.31. The molecule has 0 atom stereocenters. The van der Waals surface area contributed by atoms with Crippen molar-refractivity contribution in [2.24, 2.45) is 0 Å². The number of nitrogens with one attached hydrogen (secondary N) is 1. The van der Waals surface area contributed by atoms with E-state index in [-0.39, 0.29) is 31.0 Å². The van der Waals surface area contributed by atoms with Gasteiger partial charge in [0.1, 0.15) is 0 Å². The molecule has 0 amide bonds. The number of fused-ring (bicyclic) bond motifs is 1. The zero-order chi connectivity index (χ0) is 12.4. The molecular formula is C14H21Cl2NSiTi. The Bertz CT molecular complexity index is 494. The van der Waals surface area contributed by atoms with Gasteiger partial charge >= 0.3 is 112 Å². The van der Waals surface area contributed by atoms with Crippen LogP contribution in [0.1, 0.15) is 25.0 Å². The van der Waals surface area contributed by atoms with E-state index in [4.69, 9.17) is 0 Å². The Morgan fingerprint density at radius 1 is 1.16 bits per heavy atom. The van der Waals surface area contributed by atoms with Gasteiger partial charge in [0, 0.05) is 0 Å². The van der Waals surface area contributed by atoms with E-state index in [1.165, 1.54) is 17.5 Å². The first-order valence-corrected chi connectivity index (χ1v) is 12.7. The summed E-state index contributed by atoms with van der Waals surface area (Å²) < 4.78 is 5.65. The number of rotatable bonds is 3. The van der Waals surface area contributed by atoms with Gasteiger partial charge in [-0.2, -0.15) is 0 Å². The van der Waals surface area contributed by atoms with Crippen molar-refractivity contribution in [3.8, 4) is 0 Å². The van der Waals surface area contributed by atoms with Crippen molar-refractivity contribution >= 4 is 12.3 Å². The van der Waals surface area contributed by atoms with Crippen LogP contribution in [0.2, 0.25) is 13.1 Å². The third kappa shape index (κ3) is 5.04. The molecule has 0 bridgehead atoms. The molecule has 2 rings (SSSR count). The van der Waals surface area contributed by atoms with Gasteiger partial charge in [-0.1, -0.05) is 0 Å². The number of benzene rings is 1. The molecule has 0 fully saturated rings. The van der Waals surface area contributed by atoms with Crippen molar-refractivity contribution < 1.29 is 41.7 Å². The summed E-state index contributed by atoms with van der Waals surface area (Å²) in [6.45, 7) is 9.50. The predicted octanol–water partition coefficient (Wildman–Crippen LogP) is -2.63. The van der Waals surface area contributed by atoms with Crippen LogP contribution in [0.25, 0.3) is 6.08 Å². The van der Waals surface area contributed by atoms with E-state index in [2.05, 4.69) is 61.1 Å². The van der Waals surface area contributed by atoms with Crippen LogP contribution >= 0.6 is 0 Å². The zero-order valence-electron chi connectivity index (χ0n) is 11.9. The molecule has 0 heterocycles. The summed E-state index contributed by atoms with van der Waals surface area (Å²) >= 11 is -1.19. The van der Waals surface area contributed by atoms with Gasteiger partial charge in [-0.3, -0.25) is 0 Å². The number of allylic oxidation sites excluding steroid dienone is 1. The van der Waals surface area contributed by atoms with Crippen LogP contribution in [0, 0.1) is 0 Å². The maximum absolute atomic E-state index is 3.90. The quantitative estimate of drug-likeness (QED) is 0.589. The van der Waals surface area contributed by atoms with Gasteiger partial charge in [-0.05, 0) is 0 Å². The van der Waals surface area contributed by atoms with E-state index < -0.39 is 16.9 Å². The van der Waals surface area contributed by atoms with Crippen LogP contribution in [0.3, 0.4) is 0 Å². The third-order valence-electron chi connectivity index (χ3n) is 3.02. The molecule has 0 aliphatic heterocycles. The smallest absolute Gasteiger partial charge is 1.00 e. The first-order chi connectivity index (χ1) is 8.08. The fraction of sp³-hybridized carbons (Fsp3) is 0.429. The molecule has 104 valence electrons. The molecule has 1 aliphatic carbocycles. The SMILES string of the molecule is CC(C)[NH][Ti+2]([C]1=Cc2ccccc2C1)=[Si](C)C.[Cl-].[Cl-].